The van der Waals surface area contributed by atoms with E-state index < -0.39 is 5.91 Å². The molecular weight excluding hydrogens is 402 g/mol. The van der Waals surface area contributed by atoms with Crippen LogP contribution in [-0.4, -0.2) is 13.0 Å². The van der Waals surface area contributed by atoms with Crippen LogP contribution in [0, 0.1) is 6.92 Å². The lowest BCUT2D eigenvalue weighted by atomic mass is 10.1. The number of carbonyl (C=O) groups is 1. The Bertz CT molecular complexity index is 1200. The van der Waals surface area contributed by atoms with Crippen LogP contribution < -0.4 is 10.1 Å². The van der Waals surface area contributed by atoms with Gasteiger partial charge in [0.15, 0.2) is 11.5 Å². The van der Waals surface area contributed by atoms with Crippen molar-refractivity contribution in [2.75, 3.05) is 12.4 Å². The van der Waals surface area contributed by atoms with Gasteiger partial charge in [0.05, 0.1) is 12.3 Å². The summed E-state index contributed by atoms with van der Waals surface area (Å²) >= 11 is 6.16. The van der Waals surface area contributed by atoms with Gasteiger partial charge in [-0.25, -0.2) is 0 Å². The van der Waals surface area contributed by atoms with Crippen molar-refractivity contribution in [2.24, 2.45) is 0 Å². The Morgan fingerprint density at radius 1 is 1.07 bits per heavy atom. The van der Waals surface area contributed by atoms with Crippen LogP contribution in [-0.2, 0) is 11.3 Å². The van der Waals surface area contributed by atoms with Crippen LogP contribution in [0.2, 0.25) is 5.02 Å². The van der Waals surface area contributed by atoms with E-state index in [-0.39, 0.29) is 12.4 Å². The van der Waals surface area contributed by atoms with E-state index in [1.165, 1.54) is 0 Å². The van der Waals surface area contributed by atoms with Crippen LogP contribution in [0.3, 0.4) is 0 Å². The fraction of sp³-hybridized carbons (Fsp3) is 0.125. The van der Waals surface area contributed by atoms with E-state index in [1.807, 2.05) is 55.5 Å². The number of rotatable bonds is 6. The van der Waals surface area contributed by atoms with Crippen LogP contribution in [0.4, 0.5) is 5.69 Å². The van der Waals surface area contributed by atoms with E-state index in [2.05, 4.69) is 5.32 Å². The van der Waals surface area contributed by atoms with E-state index >= 15 is 0 Å². The van der Waals surface area contributed by atoms with Gasteiger partial charge in [-0.2, -0.15) is 0 Å². The number of halogens is 1. The summed E-state index contributed by atoms with van der Waals surface area (Å²) in [7, 11) is 1.58. The van der Waals surface area contributed by atoms with Gasteiger partial charge in [0.1, 0.15) is 11.3 Å². The van der Waals surface area contributed by atoms with Crippen molar-refractivity contribution in [2.45, 2.75) is 13.5 Å². The zero-order valence-electron chi connectivity index (χ0n) is 16.6. The molecule has 6 heteroatoms. The molecule has 0 aliphatic rings. The third kappa shape index (κ3) is 4.17. The highest BCUT2D eigenvalue weighted by Gasteiger charge is 2.21. The number of para-hydroxylation sites is 1. The zero-order valence-corrected chi connectivity index (χ0v) is 17.3. The van der Waals surface area contributed by atoms with Crippen molar-refractivity contribution in [1.82, 2.24) is 0 Å². The average molecular weight is 422 g/mol. The minimum Gasteiger partial charge on any atom is -0.455 e. The second-order valence-electron chi connectivity index (χ2n) is 6.85. The molecule has 1 amide bonds. The molecule has 0 fully saturated rings. The summed E-state index contributed by atoms with van der Waals surface area (Å²) in [5, 5.41) is 4.18. The fourth-order valence-electron chi connectivity index (χ4n) is 3.17. The van der Waals surface area contributed by atoms with E-state index in [9.17, 15) is 4.79 Å². The standard InChI is InChI=1S/C24H20ClNO4/c1-15-7-10-17(11-8-15)29-22-12-9-16(25)13-20(22)26-24(27)23-19(14-28-2)18-5-3-4-6-21(18)30-23/h3-13H,14H2,1-2H3,(H,26,27). The number of carbonyl (C=O) groups excluding carboxylic acids is 1. The van der Waals surface area contributed by atoms with E-state index in [0.29, 0.717) is 33.4 Å². The Labute approximate surface area is 179 Å². The quantitative estimate of drug-likeness (QED) is 0.381. The summed E-state index contributed by atoms with van der Waals surface area (Å²) in [6.45, 7) is 2.25. The van der Waals surface area contributed by atoms with Gasteiger partial charge >= 0.3 is 0 Å². The molecule has 0 aliphatic carbocycles. The number of amides is 1. The van der Waals surface area contributed by atoms with Gasteiger partial charge in [0.25, 0.3) is 5.91 Å². The molecule has 4 rings (SSSR count). The van der Waals surface area contributed by atoms with Gasteiger partial charge in [-0.1, -0.05) is 47.5 Å². The van der Waals surface area contributed by atoms with Crippen molar-refractivity contribution >= 4 is 34.2 Å². The summed E-state index contributed by atoms with van der Waals surface area (Å²) in [6.07, 6.45) is 0. The largest absolute Gasteiger partial charge is 0.455 e. The maximum Gasteiger partial charge on any atom is 0.291 e. The first kappa shape index (κ1) is 20.0. The Hall–Kier alpha value is -3.28. The molecule has 1 heterocycles. The van der Waals surface area contributed by atoms with Gasteiger partial charge < -0.3 is 19.2 Å². The number of benzene rings is 3. The molecule has 30 heavy (non-hydrogen) atoms. The lowest BCUT2D eigenvalue weighted by molar-refractivity contribution is 0.0991. The molecule has 0 aliphatic heterocycles. The maximum absolute atomic E-state index is 13.1. The highest BCUT2D eigenvalue weighted by molar-refractivity contribution is 6.31. The first-order valence-corrected chi connectivity index (χ1v) is 9.77. The Morgan fingerprint density at radius 3 is 2.60 bits per heavy atom. The first-order chi connectivity index (χ1) is 14.5. The predicted octanol–water partition coefficient (Wildman–Crippen LogP) is 6.59. The second kappa shape index (κ2) is 8.61. The van der Waals surface area contributed by atoms with Crippen molar-refractivity contribution in [3.05, 3.63) is 88.6 Å². The summed E-state index contributed by atoms with van der Waals surface area (Å²) in [5.41, 5.74) is 2.88. The molecule has 0 saturated heterocycles. The number of methoxy groups -OCH3 is 1. The summed E-state index contributed by atoms with van der Waals surface area (Å²) in [4.78, 5) is 13.1. The zero-order chi connectivity index (χ0) is 21.1. The molecule has 4 aromatic rings. The third-order valence-electron chi connectivity index (χ3n) is 4.63. The Kier molecular flexibility index (Phi) is 5.74. The summed E-state index contributed by atoms with van der Waals surface area (Å²) in [6, 6.07) is 20.2. The maximum atomic E-state index is 13.1. The minimum absolute atomic E-state index is 0.194. The Morgan fingerprint density at radius 2 is 1.83 bits per heavy atom. The first-order valence-electron chi connectivity index (χ1n) is 9.40. The molecule has 0 saturated carbocycles. The van der Waals surface area contributed by atoms with Gasteiger partial charge in [-0.05, 0) is 43.3 Å². The summed E-state index contributed by atoms with van der Waals surface area (Å²) < 4.78 is 17.1. The van der Waals surface area contributed by atoms with Crippen molar-refractivity contribution in [3.63, 3.8) is 0 Å². The number of fused-ring (bicyclic) bond motifs is 1. The van der Waals surface area contributed by atoms with E-state index in [0.717, 1.165) is 10.9 Å². The molecule has 1 N–H and O–H groups in total. The smallest absolute Gasteiger partial charge is 0.291 e. The molecule has 0 atom stereocenters. The fourth-order valence-corrected chi connectivity index (χ4v) is 3.34. The highest BCUT2D eigenvalue weighted by Crippen LogP contribution is 2.34. The predicted molar refractivity (Wildman–Crippen MR) is 118 cm³/mol. The van der Waals surface area contributed by atoms with Gasteiger partial charge in [0, 0.05) is 23.1 Å². The van der Waals surface area contributed by atoms with Crippen molar-refractivity contribution in [3.8, 4) is 11.5 Å². The van der Waals surface area contributed by atoms with Crippen LogP contribution >= 0.6 is 11.6 Å². The molecular formula is C24H20ClNO4. The van der Waals surface area contributed by atoms with Crippen LogP contribution in [0.25, 0.3) is 11.0 Å². The molecule has 0 spiro atoms. The van der Waals surface area contributed by atoms with Gasteiger partial charge in [-0.15, -0.1) is 0 Å². The minimum atomic E-state index is -0.408. The van der Waals surface area contributed by atoms with E-state index in [4.69, 9.17) is 25.5 Å². The number of hydrogen-bond acceptors (Lipinski definition) is 4. The van der Waals surface area contributed by atoms with Crippen LogP contribution in [0.1, 0.15) is 21.7 Å². The molecule has 1 aromatic heterocycles. The number of anilines is 1. The molecule has 0 bridgehead atoms. The third-order valence-corrected chi connectivity index (χ3v) is 4.87. The number of ether oxygens (including phenoxy) is 2. The number of furan rings is 1. The molecule has 0 radical (unpaired) electrons. The highest BCUT2D eigenvalue weighted by atomic mass is 35.5. The Balaban J connectivity index is 1.66. The lowest BCUT2D eigenvalue weighted by Crippen LogP contribution is -2.14. The normalized spacial score (nSPS) is 10.9. The lowest BCUT2D eigenvalue weighted by Gasteiger charge is -2.13. The molecule has 0 unspecified atom stereocenters. The van der Waals surface area contributed by atoms with Crippen molar-refractivity contribution < 1.29 is 18.7 Å². The number of nitrogens with one attached hydrogen (secondary N) is 1. The van der Waals surface area contributed by atoms with Crippen LogP contribution in [0.5, 0.6) is 11.5 Å². The topological polar surface area (TPSA) is 60.7 Å². The second-order valence-corrected chi connectivity index (χ2v) is 7.29. The number of aryl methyl sites for hydroxylation is 1. The molecule has 152 valence electrons. The number of hydrogen-bond donors (Lipinski definition) is 1. The van der Waals surface area contributed by atoms with Crippen molar-refractivity contribution in [1.29, 1.82) is 0 Å². The van der Waals surface area contributed by atoms with Gasteiger partial charge in [-0.3, -0.25) is 4.79 Å². The average Bonchev–Trinajstić information content (AvgIpc) is 3.11. The monoisotopic (exact) mass is 421 g/mol. The summed E-state index contributed by atoms with van der Waals surface area (Å²) in [5.74, 6) is 0.914. The molecule has 5 nitrogen and oxygen atoms in total. The SMILES string of the molecule is COCc1c(C(=O)Nc2cc(Cl)ccc2Oc2ccc(C)cc2)oc2ccccc12. The molecule has 3 aromatic carbocycles. The van der Waals surface area contributed by atoms with Crippen LogP contribution in [0.15, 0.2) is 71.1 Å². The van der Waals surface area contributed by atoms with E-state index in [1.54, 1.807) is 25.3 Å². The van der Waals surface area contributed by atoms with Gasteiger partial charge in [0.2, 0.25) is 0 Å².